The fraction of sp³-hybridized carbons (Fsp3) is 0.333. The molecule has 0 aliphatic carbocycles. The molecule has 0 aliphatic rings. The summed E-state index contributed by atoms with van der Waals surface area (Å²) in [5.41, 5.74) is 4.25. The van der Waals surface area contributed by atoms with Crippen LogP contribution in [-0.2, 0) is 9.53 Å². The highest BCUT2D eigenvalue weighted by Crippen LogP contribution is 2.19. The van der Waals surface area contributed by atoms with Gasteiger partial charge in [0.1, 0.15) is 0 Å². The minimum atomic E-state index is -0.171. The SMILES string of the molecule is COCCCNC(=O)c1cccc(NC(=O)CNc2c(C)cccc2C)c1. The van der Waals surface area contributed by atoms with E-state index in [0.717, 1.165) is 23.2 Å². The Bertz CT molecular complexity index is 770. The van der Waals surface area contributed by atoms with E-state index < -0.39 is 0 Å². The van der Waals surface area contributed by atoms with Gasteiger partial charge in [0.05, 0.1) is 6.54 Å². The molecule has 0 aromatic heterocycles. The number of methoxy groups -OCH3 is 1. The van der Waals surface area contributed by atoms with Gasteiger partial charge in [0, 0.05) is 37.2 Å². The summed E-state index contributed by atoms with van der Waals surface area (Å²) >= 11 is 0. The average Bonchev–Trinajstić information content (AvgIpc) is 2.65. The lowest BCUT2D eigenvalue weighted by Gasteiger charge is -2.13. The molecule has 0 unspecified atom stereocenters. The molecule has 0 atom stereocenters. The van der Waals surface area contributed by atoms with Gasteiger partial charge in [0.2, 0.25) is 5.91 Å². The van der Waals surface area contributed by atoms with Crippen molar-refractivity contribution >= 4 is 23.2 Å². The largest absolute Gasteiger partial charge is 0.385 e. The van der Waals surface area contributed by atoms with Crippen molar-refractivity contribution in [3.63, 3.8) is 0 Å². The molecule has 0 aliphatic heterocycles. The van der Waals surface area contributed by atoms with E-state index in [1.165, 1.54) is 0 Å². The van der Waals surface area contributed by atoms with Crippen molar-refractivity contribution in [2.24, 2.45) is 0 Å². The third kappa shape index (κ3) is 6.42. The fourth-order valence-electron chi connectivity index (χ4n) is 2.73. The van der Waals surface area contributed by atoms with Gasteiger partial charge in [-0.15, -0.1) is 0 Å². The first kappa shape index (κ1) is 20.5. The summed E-state index contributed by atoms with van der Waals surface area (Å²) in [6, 6.07) is 12.9. The van der Waals surface area contributed by atoms with Gasteiger partial charge < -0.3 is 20.7 Å². The topological polar surface area (TPSA) is 79.5 Å². The van der Waals surface area contributed by atoms with Crippen LogP contribution in [0.15, 0.2) is 42.5 Å². The van der Waals surface area contributed by atoms with Crippen LogP contribution in [0.25, 0.3) is 0 Å². The van der Waals surface area contributed by atoms with Crippen LogP contribution in [0.1, 0.15) is 27.9 Å². The summed E-state index contributed by atoms with van der Waals surface area (Å²) in [5, 5.41) is 8.83. The predicted octanol–water partition coefficient (Wildman–Crippen LogP) is 3.12. The van der Waals surface area contributed by atoms with Gasteiger partial charge in [-0.2, -0.15) is 0 Å². The molecule has 0 saturated heterocycles. The van der Waals surface area contributed by atoms with E-state index in [4.69, 9.17) is 4.74 Å². The van der Waals surface area contributed by atoms with Crippen LogP contribution < -0.4 is 16.0 Å². The van der Waals surface area contributed by atoms with Gasteiger partial charge in [0.25, 0.3) is 5.91 Å². The second kappa shape index (κ2) is 10.3. The zero-order valence-corrected chi connectivity index (χ0v) is 16.1. The van der Waals surface area contributed by atoms with E-state index in [1.54, 1.807) is 31.4 Å². The zero-order chi connectivity index (χ0) is 19.6. The summed E-state index contributed by atoms with van der Waals surface area (Å²) in [6.45, 7) is 5.30. The number of benzene rings is 2. The molecule has 2 amide bonds. The Morgan fingerprint density at radius 2 is 1.74 bits per heavy atom. The van der Waals surface area contributed by atoms with Crippen molar-refractivity contribution in [3.05, 3.63) is 59.2 Å². The molecular formula is C21H27N3O3. The lowest BCUT2D eigenvalue weighted by Crippen LogP contribution is -2.26. The van der Waals surface area contributed by atoms with E-state index in [9.17, 15) is 9.59 Å². The van der Waals surface area contributed by atoms with Crippen LogP contribution in [0.3, 0.4) is 0 Å². The minimum absolute atomic E-state index is 0.152. The molecule has 3 N–H and O–H groups in total. The first-order chi connectivity index (χ1) is 13.0. The van der Waals surface area contributed by atoms with Gasteiger partial charge in [-0.1, -0.05) is 24.3 Å². The molecule has 0 radical (unpaired) electrons. The summed E-state index contributed by atoms with van der Waals surface area (Å²) in [6.07, 6.45) is 0.753. The standard InChI is InChI=1S/C21H27N3O3/c1-15-7-4-8-16(2)20(15)23-14-19(25)24-18-10-5-9-17(13-18)21(26)22-11-6-12-27-3/h4-5,7-10,13,23H,6,11-12,14H2,1-3H3,(H,22,26)(H,24,25). The number of anilines is 2. The number of rotatable bonds is 9. The first-order valence-electron chi connectivity index (χ1n) is 8.98. The lowest BCUT2D eigenvalue weighted by atomic mass is 10.1. The van der Waals surface area contributed by atoms with E-state index >= 15 is 0 Å². The second-order valence-corrected chi connectivity index (χ2v) is 6.35. The van der Waals surface area contributed by atoms with Gasteiger partial charge in [-0.25, -0.2) is 0 Å². The second-order valence-electron chi connectivity index (χ2n) is 6.35. The molecule has 0 spiro atoms. The maximum atomic E-state index is 12.2. The minimum Gasteiger partial charge on any atom is -0.385 e. The molecule has 144 valence electrons. The summed E-state index contributed by atoms with van der Waals surface area (Å²) in [4.78, 5) is 24.4. The van der Waals surface area contributed by atoms with Crippen molar-refractivity contribution < 1.29 is 14.3 Å². The quantitative estimate of drug-likeness (QED) is 0.594. The zero-order valence-electron chi connectivity index (χ0n) is 16.1. The van der Waals surface area contributed by atoms with Gasteiger partial charge in [-0.3, -0.25) is 9.59 Å². The van der Waals surface area contributed by atoms with Crippen molar-refractivity contribution in [1.29, 1.82) is 0 Å². The molecule has 2 rings (SSSR count). The smallest absolute Gasteiger partial charge is 0.251 e. The Balaban J connectivity index is 1.89. The van der Waals surface area contributed by atoms with Crippen LogP contribution in [-0.4, -0.2) is 38.6 Å². The van der Waals surface area contributed by atoms with E-state index in [1.807, 2.05) is 32.0 Å². The molecule has 2 aromatic carbocycles. The van der Waals surface area contributed by atoms with Crippen LogP contribution in [0.5, 0.6) is 0 Å². The molecule has 2 aromatic rings. The fourth-order valence-corrected chi connectivity index (χ4v) is 2.73. The maximum Gasteiger partial charge on any atom is 0.251 e. The Labute approximate surface area is 160 Å². The molecule has 6 nitrogen and oxygen atoms in total. The van der Waals surface area contributed by atoms with Crippen LogP contribution in [0.2, 0.25) is 0 Å². The molecular weight excluding hydrogens is 342 g/mol. The van der Waals surface area contributed by atoms with Gasteiger partial charge in [0.15, 0.2) is 0 Å². The number of carbonyl (C=O) groups is 2. The molecule has 0 bridgehead atoms. The summed E-state index contributed by atoms with van der Waals surface area (Å²) in [5.74, 6) is -0.342. The third-order valence-corrected chi connectivity index (χ3v) is 4.13. The monoisotopic (exact) mass is 369 g/mol. The van der Waals surface area contributed by atoms with E-state index in [0.29, 0.717) is 24.4 Å². The highest BCUT2D eigenvalue weighted by molar-refractivity contribution is 5.98. The molecule has 6 heteroatoms. The first-order valence-corrected chi connectivity index (χ1v) is 8.98. The normalized spacial score (nSPS) is 10.3. The number of hydrogen-bond donors (Lipinski definition) is 3. The number of para-hydroxylation sites is 1. The van der Waals surface area contributed by atoms with Crippen LogP contribution in [0, 0.1) is 13.8 Å². The van der Waals surface area contributed by atoms with Gasteiger partial charge >= 0.3 is 0 Å². The van der Waals surface area contributed by atoms with Crippen molar-refractivity contribution in [1.82, 2.24) is 5.32 Å². The number of hydrogen-bond acceptors (Lipinski definition) is 4. The number of aryl methyl sites for hydroxylation is 2. The highest BCUT2D eigenvalue weighted by Gasteiger charge is 2.09. The number of carbonyl (C=O) groups excluding carboxylic acids is 2. The Morgan fingerprint density at radius 3 is 2.44 bits per heavy atom. The third-order valence-electron chi connectivity index (χ3n) is 4.13. The Hall–Kier alpha value is -2.86. The van der Waals surface area contributed by atoms with Crippen molar-refractivity contribution in [3.8, 4) is 0 Å². The molecule has 0 fully saturated rings. The molecule has 27 heavy (non-hydrogen) atoms. The van der Waals surface area contributed by atoms with E-state index in [2.05, 4.69) is 16.0 Å². The lowest BCUT2D eigenvalue weighted by molar-refractivity contribution is -0.114. The number of nitrogens with one attached hydrogen (secondary N) is 3. The summed E-state index contributed by atoms with van der Waals surface area (Å²) < 4.78 is 4.96. The van der Waals surface area contributed by atoms with E-state index in [-0.39, 0.29) is 18.4 Å². The van der Waals surface area contributed by atoms with Crippen LogP contribution in [0.4, 0.5) is 11.4 Å². The summed E-state index contributed by atoms with van der Waals surface area (Å²) in [7, 11) is 1.63. The average molecular weight is 369 g/mol. The molecule has 0 saturated carbocycles. The molecule has 0 heterocycles. The predicted molar refractivity (Wildman–Crippen MR) is 108 cm³/mol. The highest BCUT2D eigenvalue weighted by atomic mass is 16.5. The van der Waals surface area contributed by atoms with Crippen LogP contribution >= 0.6 is 0 Å². The maximum absolute atomic E-state index is 12.2. The Morgan fingerprint density at radius 1 is 1.04 bits per heavy atom. The van der Waals surface area contributed by atoms with Crippen molar-refractivity contribution in [2.45, 2.75) is 20.3 Å². The number of ether oxygens (including phenoxy) is 1. The number of amides is 2. The van der Waals surface area contributed by atoms with Crippen molar-refractivity contribution in [2.75, 3.05) is 37.4 Å². The Kier molecular flexibility index (Phi) is 7.82. The van der Waals surface area contributed by atoms with Gasteiger partial charge in [-0.05, 0) is 49.6 Å².